The second kappa shape index (κ2) is 11.3. The van der Waals surface area contributed by atoms with E-state index in [1.54, 1.807) is 13.8 Å². The number of benzene rings is 2. The first-order chi connectivity index (χ1) is 17.1. The number of ether oxygens (including phenoxy) is 1. The van der Waals surface area contributed by atoms with E-state index in [9.17, 15) is 27.7 Å². The Morgan fingerprint density at radius 1 is 1.17 bits per heavy atom. The topological polar surface area (TPSA) is 145 Å². The fourth-order valence-corrected chi connectivity index (χ4v) is 4.52. The molecule has 13 heteroatoms. The maximum atomic E-state index is 14.0. The third kappa shape index (κ3) is 5.86. The molecule has 0 spiro atoms. The number of hydrogen-bond acceptors (Lipinski definition) is 7. The molecule has 0 aliphatic carbocycles. The Bertz CT molecular complexity index is 1390. The molecule has 3 aromatic rings. The summed E-state index contributed by atoms with van der Waals surface area (Å²) in [7, 11) is -4.20. The smallest absolute Gasteiger partial charge is 0.272 e. The number of nitrogens with one attached hydrogen (secondary N) is 2. The number of carbonyl (C=O) groups is 1. The summed E-state index contributed by atoms with van der Waals surface area (Å²) in [6.07, 6.45) is 1.18. The van der Waals surface area contributed by atoms with Crippen molar-refractivity contribution in [3.63, 3.8) is 0 Å². The lowest BCUT2D eigenvalue weighted by atomic mass is 10.2. The highest BCUT2D eigenvalue weighted by molar-refractivity contribution is 7.89. The van der Waals surface area contributed by atoms with Gasteiger partial charge in [0.15, 0.2) is 5.69 Å². The maximum absolute atomic E-state index is 14.0. The van der Waals surface area contributed by atoms with Gasteiger partial charge in [-0.3, -0.25) is 14.9 Å². The number of carbonyl (C=O) groups excluding carboxylic acids is 1. The van der Waals surface area contributed by atoms with Crippen molar-refractivity contribution in [3.05, 3.63) is 69.7 Å². The first kappa shape index (κ1) is 26.8. The van der Waals surface area contributed by atoms with Gasteiger partial charge in [-0.1, -0.05) is 19.9 Å². The Balaban J connectivity index is 2.19. The van der Waals surface area contributed by atoms with Gasteiger partial charge in [0.2, 0.25) is 15.9 Å². The van der Waals surface area contributed by atoms with Crippen LogP contribution in [0.15, 0.2) is 47.4 Å². The molecule has 0 aliphatic heterocycles. The highest BCUT2D eigenvalue weighted by atomic mass is 32.2. The van der Waals surface area contributed by atoms with Crippen LogP contribution in [0.4, 0.5) is 10.1 Å². The number of nitro groups is 1. The van der Waals surface area contributed by atoms with E-state index in [0.29, 0.717) is 19.4 Å². The standard InChI is InChI=1S/C23H26FN5O6S/c1-4-11-25-22(30)21-15(3)23(28(27-21)17-8-6-7-16(24)13-17)35-19-10-9-18(29(31)32)14-20(19)36(33,34)26-12-5-2/h6-10,13-14,26H,4-5,11-12H2,1-3H3,(H,25,30). The van der Waals surface area contributed by atoms with Crippen LogP contribution in [0.25, 0.3) is 5.69 Å². The van der Waals surface area contributed by atoms with Gasteiger partial charge in [-0.15, -0.1) is 0 Å². The number of nitro benzene ring substituents is 1. The molecule has 0 bridgehead atoms. The molecule has 0 radical (unpaired) electrons. The predicted molar refractivity (Wildman–Crippen MR) is 130 cm³/mol. The quantitative estimate of drug-likeness (QED) is 0.289. The van der Waals surface area contributed by atoms with E-state index in [2.05, 4.69) is 15.1 Å². The molecule has 1 amide bonds. The minimum atomic E-state index is -4.20. The molecule has 0 saturated heterocycles. The second-order valence-corrected chi connectivity index (χ2v) is 9.55. The summed E-state index contributed by atoms with van der Waals surface area (Å²) >= 11 is 0. The van der Waals surface area contributed by atoms with Gasteiger partial charge < -0.3 is 10.1 Å². The lowest BCUT2D eigenvalue weighted by Crippen LogP contribution is -2.25. The molecule has 11 nitrogen and oxygen atoms in total. The normalized spacial score (nSPS) is 11.3. The molecule has 0 atom stereocenters. The Hall–Kier alpha value is -3.84. The maximum Gasteiger partial charge on any atom is 0.272 e. The van der Waals surface area contributed by atoms with Gasteiger partial charge in [-0.2, -0.15) is 9.78 Å². The first-order valence-electron chi connectivity index (χ1n) is 11.2. The molecule has 1 heterocycles. The third-order valence-electron chi connectivity index (χ3n) is 5.05. The van der Waals surface area contributed by atoms with Crippen LogP contribution in [0.5, 0.6) is 11.6 Å². The van der Waals surface area contributed by atoms with Gasteiger partial charge in [-0.05, 0) is 44.0 Å². The Labute approximate surface area is 207 Å². The van der Waals surface area contributed by atoms with Gasteiger partial charge in [0, 0.05) is 30.8 Å². The molecular weight excluding hydrogens is 493 g/mol. The summed E-state index contributed by atoms with van der Waals surface area (Å²) in [5.41, 5.74) is 0.0292. The van der Waals surface area contributed by atoms with Crippen LogP contribution in [0, 0.1) is 22.9 Å². The number of hydrogen-bond donors (Lipinski definition) is 2. The molecule has 3 rings (SSSR count). The van der Waals surface area contributed by atoms with Crippen molar-refractivity contribution in [2.45, 2.75) is 38.5 Å². The Morgan fingerprint density at radius 2 is 1.89 bits per heavy atom. The number of rotatable bonds is 11. The summed E-state index contributed by atoms with van der Waals surface area (Å²) < 4.78 is 49.4. The average molecular weight is 520 g/mol. The van der Waals surface area contributed by atoms with E-state index >= 15 is 0 Å². The summed E-state index contributed by atoms with van der Waals surface area (Å²) in [6, 6.07) is 8.52. The van der Waals surface area contributed by atoms with E-state index in [1.807, 2.05) is 6.92 Å². The lowest BCUT2D eigenvalue weighted by Gasteiger charge is -2.14. The number of aromatic nitrogens is 2. The van der Waals surface area contributed by atoms with E-state index in [1.165, 1.54) is 28.9 Å². The third-order valence-corrected chi connectivity index (χ3v) is 6.53. The van der Waals surface area contributed by atoms with Crippen molar-refractivity contribution in [3.8, 4) is 17.3 Å². The minimum Gasteiger partial charge on any atom is -0.437 e. The molecule has 0 saturated carbocycles. The molecule has 2 N–H and O–H groups in total. The number of amides is 1. The van der Waals surface area contributed by atoms with Crippen molar-refractivity contribution in [2.75, 3.05) is 13.1 Å². The van der Waals surface area contributed by atoms with Gasteiger partial charge in [0.25, 0.3) is 11.6 Å². The first-order valence-corrected chi connectivity index (χ1v) is 12.7. The number of halogens is 1. The zero-order chi connectivity index (χ0) is 26.5. The van der Waals surface area contributed by atoms with Crippen molar-refractivity contribution in [1.82, 2.24) is 19.8 Å². The lowest BCUT2D eigenvalue weighted by molar-refractivity contribution is -0.385. The summed E-state index contributed by atoms with van der Waals surface area (Å²) in [5, 5.41) is 18.3. The Morgan fingerprint density at radius 3 is 2.53 bits per heavy atom. The van der Waals surface area contributed by atoms with Crippen LogP contribution in [-0.4, -0.2) is 42.1 Å². The molecule has 0 aliphatic rings. The molecule has 192 valence electrons. The summed E-state index contributed by atoms with van der Waals surface area (Å²) in [6.45, 7) is 5.70. The van der Waals surface area contributed by atoms with Gasteiger partial charge in [0.1, 0.15) is 16.5 Å². The van der Waals surface area contributed by atoms with Gasteiger partial charge in [0.05, 0.1) is 10.6 Å². The number of non-ortho nitro benzene ring substituents is 1. The molecule has 1 aromatic heterocycles. The second-order valence-electron chi connectivity index (χ2n) is 7.81. The zero-order valence-electron chi connectivity index (χ0n) is 19.9. The fourth-order valence-electron chi connectivity index (χ4n) is 3.24. The summed E-state index contributed by atoms with van der Waals surface area (Å²) in [4.78, 5) is 22.8. The van der Waals surface area contributed by atoms with Gasteiger partial charge in [-0.25, -0.2) is 17.5 Å². The van der Waals surface area contributed by atoms with Crippen LogP contribution in [0.1, 0.15) is 42.7 Å². The minimum absolute atomic E-state index is 0.00172. The van der Waals surface area contributed by atoms with Crippen LogP contribution in [-0.2, 0) is 10.0 Å². The van der Waals surface area contributed by atoms with Crippen molar-refractivity contribution in [1.29, 1.82) is 0 Å². The van der Waals surface area contributed by atoms with Crippen LogP contribution in [0.3, 0.4) is 0 Å². The summed E-state index contributed by atoms with van der Waals surface area (Å²) in [5.74, 6) is -1.34. The molecule has 36 heavy (non-hydrogen) atoms. The molecule has 0 fully saturated rings. The number of nitrogens with zero attached hydrogens (tertiary/aromatic N) is 3. The van der Waals surface area contributed by atoms with Gasteiger partial charge >= 0.3 is 0 Å². The van der Waals surface area contributed by atoms with Crippen molar-refractivity contribution in [2.24, 2.45) is 0 Å². The average Bonchev–Trinajstić information content (AvgIpc) is 3.17. The zero-order valence-corrected chi connectivity index (χ0v) is 20.8. The molecular formula is C23H26FN5O6S. The molecule has 2 aromatic carbocycles. The highest BCUT2D eigenvalue weighted by Gasteiger charge is 2.27. The highest BCUT2D eigenvalue weighted by Crippen LogP contribution is 2.35. The molecule has 0 unspecified atom stereocenters. The van der Waals surface area contributed by atoms with Crippen LogP contribution >= 0.6 is 0 Å². The SMILES string of the molecule is CCCNC(=O)c1nn(-c2cccc(F)c2)c(Oc2ccc([N+](=O)[O-])cc2S(=O)(=O)NCCC)c1C. The number of sulfonamides is 1. The van der Waals surface area contributed by atoms with E-state index < -0.39 is 37.3 Å². The Kier molecular flexibility index (Phi) is 8.37. The van der Waals surface area contributed by atoms with Crippen LogP contribution < -0.4 is 14.8 Å². The monoisotopic (exact) mass is 519 g/mol. The predicted octanol–water partition coefficient (Wildman–Crippen LogP) is 3.85. The van der Waals surface area contributed by atoms with Crippen molar-refractivity contribution >= 4 is 21.6 Å². The largest absolute Gasteiger partial charge is 0.437 e. The van der Waals surface area contributed by atoms with E-state index in [4.69, 9.17) is 4.74 Å². The van der Waals surface area contributed by atoms with Crippen molar-refractivity contribution < 1.29 is 27.3 Å². The fraction of sp³-hybridized carbons (Fsp3) is 0.304. The van der Waals surface area contributed by atoms with E-state index in [-0.39, 0.29) is 35.1 Å². The van der Waals surface area contributed by atoms with E-state index in [0.717, 1.165) is 18.2 Å². The van der Waals surface area contributed by atoms with Crippen LogP contribution in [0.2, 0.25) is 0 Å².